The number of anilines is 1. The molecule has 1 aromatic rings. The number of halogens is 12. The van der Waals surface area contributed by atoms with Gasteiger partial charge < -0.3 is 5.73 Å². The minimum Gasteiger partial charge on any atom is -0.397 e. The van der Waals surface area contributed by atoms with Crippen LogP contribution in [0.2, 0.25) is 0 Å². The fraction of sp³-hybridized carbons (Fsp3) is 0.455. The van der Waals surface area contributed by atoms with Gasteiger partial charge in [-0.15, -0.1) is 0 Å². The van der Waals surface area contributed by atoms with Gasteiger partial charge in [0.05, 0.1) is 5.69 Å². The standard InChI is InChI=1S/C11H5F11IN/c12-7(13)4-1-3(2-5(23)6(4)24)8(14,10(17,18)19)9(15,16)11(20,21)22/h1-2,7H,24H2. The Labute approximate surface area is 140 Å². The maximum atomic E-state index is 14.2. The molecule has 0 aromatic heterocycles. The number of alkyl halides is 11. The van der Waals surface area contributed by atoms with E-state index < -0.39 is 56.8 Å². The molecule has 0 aliphatic carbocycles. The highest BCUT2D eigenvalue weighted by Crippen LogP contribution is 2.58. The highest BCUT2D eigenvalue weighted by molar-refractivity contribution is 14.1. The Morgan fingerprint density at radius 2 is 1.29 bits per heavy atom. The van der Waals surface area contributed by atoms with E-state index in [1.807, 2.05) is 0 Å². The highest BCUT2D eigenvalue weighted by Gasteiger charge is 2.81. The molecule has 0 fully saturated rings. The van der Waals surface area contributed by atoms with E-state index in [1.165, 1.54) is 0 Å². The van der Waals surface area contributed by atoms with Crippen molar-refractivity contribution in [2.24, 2.45) is 0 Å². The fourth-order valence-electron chi connectivity index (χ4n) is 1.74. The molecule has 1 aromatic carbocycles. The van der Waals surface area contributed by atoms with Gasteiger partial charge in [0.25, 0.3) is 6.43 Å². The molecule has 0 radical (unpaired) electrons. The van der Waals surface area contributed by atoms with Gasteiger partial charge in [-0.2, -0.15) is 35.1 Å². The molecule has 13 heteroatoms. The summed E-state index contributed by atoms with van der Waals surface area (Å²) in [5, 5.41) is 0. The van der Waals surface area contributed by atoms with Crippen LogP contribution in [0.4, 0.5) is 54.0 Å². The average molecular weight is 487 g/mol. The van der Waals surface area contributed by atoms with Crippen LogP contribution >= 0.6 is 22.6 Å². The largest absolute Gasteiger partial charge is 0.457 e. The number of nitrogens with two attached hydrogens (primary N) is 1. The first-order valence-electron chi connectivity index (χ1n) is 5.56. The molecule has 0 aliphatic rings. The zero-order valence-electron chi connectivity index (χ0n) is 10.8. The van der Waals surface area contributed by atoms with E-state index in [2.05, 4.69) is 0 Å². The molecule has 0 bridgehead atoms. The van der Waals surface area contributed by atoms with Crippen LogP contribution in [-0.4, -0.2) is 18.3 Å². The SMILES string of the molecule is Nc1c(I)cc(C(F)(C(F)(F)F)C(F)(F)C(F)(F)F)cc1C(F)F. The first kappa shape index (κ1) is 21.0. The topological polar surface area (TPSA) is 26.0 Å². The number of benzene rings is 1. The molecule has 0 saturated carbocycles. The van der Waals surface area contributed by atoms with E-state index >= 15 is 0 Å². The molecule has 1 unspecified atom stereocenters. The van der Waals surface area contributed by atoms with Crippen molar-refractivity contribution in [3.63, 3.8) is 0 Å². The van der Waals surface area contributed by atoms with Gasteiger partial charge in [0.1, 0.15) is 0 Å². The number of nitrogen functional groups attached to an aromatic ring is 1. The lowest BCUT2D eigenvalue weighted by Gasteiger charge is -2.36. The van der Waals surface area contributed by atoms with Crippen LogP contribution in [0.5, 0.6) is 0 Å². The average Bonchev–Trinajstić information content (AvgIpc) is 2.37. The lowest BCUT2D eigenvalue weighted by Crippen LogP contribution is -2.59. The zero-order valence-corrected chi connectivity index (χ0v) is 13.0. The second kappa shape index (κ2) is 6.05. The lowest BCUT2D eigenvalue weighted by molar-refractivity contribution is -0.389. The van der Waals surface area contributed by atoms with Crippen LogP contribution in [0, 0.1) is 3.57 Å². The van der Waals surface area contributed by atoms with Crippen molar-refractivity contribution >= 4 is 28.3 Å². The van der Waals surface area contributed by atoms with Crippen molar-refractivity contribution < 1.29 is 48.3 Å². The van der Waals surface area contributed by atoms with Crippen LogP contribution < -0.4 is 5.73 Å². The van der Waals surface area contributed by atoms with Crippen molar-refractivity contribution in [2.75, 3.05) is 5.73 Å². The van der Waals surface area contributed by atoms with Crippen LogP contribution in [-0.2, 0) is 5.67 Å². The van der Waals surface area contributed by atoms with Crippen molar-refractivity contribution in [2.45, 2.75) is 30.4 Å². The van der Waals surface area contributed by atoms with E-state index in [1.54, 1.807) is 0 Å². The first-order valence-corrected chi connectivity index (χ1v) is 6.64. The molecule has 0 heterocycles. The first-order chi connectivity index (χ1) is 10.5. The smallest absolute Gasteiger partial charge is 0.397 e. The molecule has 0 amide bonds. The summed E-state index contributed by atoms with van der Waals surface area (Å²) in [4.78, 5) is 0. The van der Waals surface area contributed by atoms with Gasteiger partial charge in [0.15, 0.2) is 0 Å². The van der Waals surface area contributed by atoms with Gasteiger partial charge in [-0.05, 0) is 34.7 Å². The Bertz CT molecular complexity index is 622. The van der Waals surface area contributed by atoms with E-state index in [4.69, 9.17) is 5.73 Å². The van der Waals surface area contributed by atoms with Gasteiger partial charge in [-0.1, -0.05) is 0 Å². The summed E-state index contributed by atoms with van der Waals surface area (Å²) in [6.45, 7) is 0. The Morgan fingerprint density at radius 1 is 0.833 bits per heavy atom. The summed E-state index contributed by atoms with van der Waals surface area (Å²) >= 11 is 1.01. The minimum atomic E-state index is -6.94. The molecule has 138 valence electrons. The van der Waals surface area contributed by atoms with E-state index in [0.29, 0.717) is 0 Å². The minimum absolute atomic E-state index is 0.0884. The second-order valence-corrected chi connectivity index (χ2v) is 5.65. The van der Waals surface area contributed by atoms with Crippen molar-refractivity contribution in [3.8, 4) is 0 Å². The lowest BCUT2D eigenvalue weighted by atomic mass is 9.86. The van der Waals surface area contributed by atoms with Gasteiger partial charge >= 0.3 is 23.9 Å². The monoisotopic (exact) mass is 487 g/mol. The molecule has 0 saturated heterocycles. The van der Waals surface area contributed by atoms with Crippen LogP contribution in [0.25, 0.3) is 0 Å². The Morgan fingerprint density at radius 3 is 1.62 bits per heavy atom. The third-order valence-corrected chi connectivity index (χ3v) is 3.87. The molecule has 2 N–H and O–H groups in total. The zero-order chi connectivity index (χ0) is 19.3. The molecule has 1 rings (SSSR count). The van der Waals surface area contributed by atoms with Gasteiger partial charge in [0, 0.05) is 14.7 Å². The van der Waals surface area contributed by atoms with Crippen LogP contribution in [0.3, 0.4) is 0 Å². The molecule has 0 spiro atoms. The Kier molecular flexibility index (Phi) is 5.30. The number of rotatable bonds is 3. The van der Waals surface area contributed by atoms with Gasteiger partial charge in [-0.25, -0.2) is 13.2 Å². The van der Waals surface area contributed by atoms with E-state index in [-0.39, 0.29) is 6.07 Å². The quantitative estimate of drug-likeness (QED) is 0.329. The maximum Gasteiger partial charge on any atom is 0.457 e. The summed E-state index contributed by atoms with van der Waals surface area (Å²) in [7, 11) is 0. The predicted molar refractivity (Wildman–Crippen MR) is 68.4 cm³/mol. The normalized spacial score (nSPS) is 16.4. The number of hydrogen-bond donors (Lipinski definition) is 1. The highest BCUT2D eigenvalue weighted by atomic mass is 127. The maximum absolute atomic E-state index is 14.2. The molecule has 1 nitrogen and oxygen atoms in total. The summed E-state index contributed by atoms with van der Waals surface area (Å²) in [6.07, 6.45) is -17.3. The summed E-state index contributed by atoms with van der Waals surface area (Å²) in [5.74, 6) is -6.93. The van der Waals surface area contributed by atoms with E-state index in [9.17, 15) is 48.3 Å². The van der Waals surface area contributed by atoms with Crippen molar-refractivity contribution in [1.82, 2.24) is 0 Å². The van der Waals surface area contributed by atoms with E-state index in [0.717, 1.165) is 22.6 Å². The molecule has 1 atom stereocenters. The molecule has 0 aliphatic heterocycles. The summed E-state index contributed by atoms with van der Waals surface area (Å²) in [6, 6.07) is -0.537. The van der Waals surface area contributed by atoms with Crippen molar-refractivity contribution in [1.29, 1.82) is 0 Å². The van der Waals surface area contributed by atoms with Gasteiger partial charge in [0.2, 0.25) is 0 Å². The second-order valence-electron chi connectivity index (χ2n) is 4.49. The number of hydrogen-bond acceptors (Lipinski definition) is 1. The molecule has 24 heavy (non-hydrogen) atoms. The predicted octanol–water partition coefficient (Wildman–Crippen LogP) is 5.74. The Balaban J connectivity index is 3.85. The fourth-order valence-corrected chi connectivity index (χ4v) is 2.38. The molecular weight excluding hydrogens is 482 g/mol. The van der Waals surface area contributed by atoms with Crippen molar-refractivity contribution in [3.05, 3.63) is 26.8 Å². The summed E-state index contributed by atoms with van der Waals surface area (Å²) in [5.41, 5.74) is -5.88. The van der Waals surface area contributed by atoms with Crippen LogP contribution in [0.1, 0.15) is 17.6 Å². The third-order valence-electron chi connectivity index (χ3n) is 2.97. The summed E-state index contributed by atoms with van der Waals surface area (Å²) < 4.78 is 141. The third kappa shape index (κ3) is 3.10. The van der Waals surface area contributed by atoms with Gasteiger partial charge in [-0.3, -0.25) is 0 Å². The van der Waals surface area contributed by atoms with Crippen LogP contribution in [0.15, 0.2) is 12.1 Å². The molecular formula is C11H5F11IN. The Hall–Kier alpha value is -1.02.